The van der Waals surface area contributed by atoms with Gasteiger partial charge in [0, 0.05) is 12.7 Å². The summed E-state index contributed by atoms with van der Waals surface area (Å²) in [5.74, 6) is -0.919. The molecule has 58 heavy (non-hydrogen) atoms. The van der Waals surface area contributed by atoms with Crippen molar-refractivity contribution in [2.24, 2.45) is 0 Å². The fraction of sp³-hybridized carbons (Fsp3) is 0.347. The molecule has 2 aliphatic carbocycles. The molecule has 0 spiro atoms. The van der Waals surface area contributed by atoms with Crippen LogP contribution < -0.4 is 0 Å². The molecule has 9 heteroatoms. The van der Waals surface area contributed by atoms with Gasteiger partial charge >= 0.3 is 0 Å². The summed E-state index contributed by atoms with van der Waals surface area (Å²) in [6.07, 6.45) is 12.2. The first-order valence-corrected chi connectivity index (χ1v) is 20.2. The molecular formula is C49H52O9. The smallest absolute Gasteiger partial charge is 0.225 e. The van der Waals surface area contributed by atoms with Crippen LogP contribution in [0.25, 0.3) is 0 Å². The number of ether oxygens (including phenoxy) is 7. The molecule has 2 N–H and O–H groups in total. The molecule has 0 amide bonds. The monoisotopic (exact) mass is 784 g/mol. The number of allylic oxidation sites excluding steroid dienone is 4. The minimum atomic E-state index is -1.71. The summed E-state index contributed by atoms with van der Waals surface area (Å²) in [6, 6.07) is 35.8. The van der Waals surface area contributed by atoms with Crippen LogP contribution in [0, 0.1) is 0 Å². The first kappa shape index (κ1) is 40.0. The zero-order chi connectivity index (χ0) is 39.8. The summed E-state index contributed by atoms with van der Waals surface area (Å²) in [5.41, 5.74) is 5.17. The van der Waals surface area contributed by atoms with E-state index in [1.807, 2.05) is 97.1 Å². The Labute approximate surface area is 340 Å². The summed E-state index contributed by atoms with van der Waals surface area (Å²) in [4.78, 5) is 0. The van der Waals surface area contributed by atoms with E-state index < -0.39 is 42.9 Å². The van der Waals surface area contributed by atoms with Crippen LogP contribution in [-0.2, 0) is 58.8 Å². The lowest BCUT2D eigenvalue weighted by atomic mass is 9.77. The van der Waals surface area contributed by atoms with Crippen LogP contribution in [0.15, 0.2) is 158 Å². The molecule has 0 aromatic heterocycles. The molecule has 9 nitrogen and oxygen atoms in total. The molecule has 4 aliphatic rings. The largest absolute Gasteiger partial charge is 0.466 e. The lowest BCUT2D eigenvalue weighted by Gasteiger charge is -2.56. The molecule has 0 radical (unpaired) electrons. The van der Waals surface area contributed by atoms with Crippen LogP contribution in [0.4, 0.5) is 0 Å². The van der Waals surface area contributed by atoms with Gasteiger partial charge in [0.25, 0.3) is 0 Å². The molecule has 2 aliphatic heterocycles. The Morgan fingerprint density at radius 1 is 0.741 bits per heavy atom. The van der Waals surface area contributed by atoms with E-state index in [0.717, 1.165) is 47.9 Å². The van der Waals surface area contributed by atoms with Gasteiger partial charge in [0.15, 0.2) is 0 Å². The van der Waals surface area contributed by atoms with Gasteiger partial charge in [-0.05, 0) is 65.5 Å². The highest BCUT2D eigenvalue weighted by molar-refractivity contribution is 5.49. The quantitative estimate of drug-likeness (QED) is 0.109. The molecule has 1 saturated carbocycles. The highest BCUT2D eigenvalue weighted by Gasteiger charge is 2.64. The van der Waals surface area contributed by atoms with E-state index in [2.05, 4.69) is 30.4 Å². The second kappa shape index (κ2) is 18.4. The van der Waals surface area contributed by atoms with E-state index in [1.165, 1.54) is 17.4 Å². The van der Waals surface area contributed by atoms with Crippen molar-refractivity contribution in [3.8, 4) is 0 Å². The fourth-order valence-corrected chi connectivity index (χ4v) is 8.41. The van der Waals surface area contributed by atoms with E-state index in [-0.39, 0.29) is 25.7 Å². The number of rotatable bonds is 17. The third kappa shape index (κ3) is 8.49. The first-order chi connectivity index (χ1) is 28.6. The lowest BCUT2D eigenvalue weighted by Crippen LogP contribution is -2.72. The molecule has 4 aromatic rings. The van der Waals surface area contributed by atoms with Crippen molar-refractivity contribution < 1.29 is 43.4 Å². The maximum atomic E-state index is 11.4. The standard InChI is InChI=1S/C49H52O9/c1-52-49(40-24-25-41(38-22-23-38)42(28-40)44(39-20-12-5-13-21-39)43-32-53-26-27-54-43)47(57-31-37-18-10-4-11-19-37)45(55-29-35-14-6-2-7-15-35)46(48(33-50,34-51)58-49)56-30-36-16-8-3-9-17-36/h2-12,14-20,24-28,32,38,44-47,50-51H,13,21-23,29-31,33-34H2,1H3/t44?,45-,46-,47+,49?/m0/s1. The summed E-state index contributed by atoms with van der Waals surface area (Å²) >= 11 is 0. The Morgan fingerprint density at radius 2 is 1.36 bits per heavy atom. The first-order valence-electron chi connectivity index (χ1n) is 20.2. The van der Waals surface area contributed by atoms with Crippen LogP contribution in [0.3, 0.4) is 0 Å². The normalized spacial score (nSPS) is 24.3. The van der Waals surface area contributed by atoms with Gasteiger partial charge in [-0.1, -0.05) is 127 Å². The average molecular weight is 785 g/mol. The number of benzene rings is 4. The van der Waals surface area contributed by atoms with E-state index in [4.69, 9.17) is 33.2 Å². The van der Waals surface area contributed by atoms with Gasteiger partial charge in [-0.3, -0.25) is 0 Å². The molecule has 8 rings (SSSR count). The highest BCUT2D eigenvalue weighted by Crippen LogP contribution is 2.52. The van der Waals surface area contributed by atoms with Gasteiger partial charge in [0.2, 0.25) is 5.79 Å². The summed E-state index contributed by atoms with van der Waals surface area (Å²) in [7, 11) is 1.57. The summed E-state index contributed by atoms with van der Waals surface area (Å²) in [6.45, 7) is -0.623. The minimum absolute atomic E-state index is 0.171. The molecule has 2 heterocycles. The van der Waals surface area contributed by atoms with Gasteiger partial charge in [0.1, 0.15) is 48.5 Å². The minimum Gasteiger partial charge on any atom is -0.466 e. The molecule has 302 valence electrons. The topological polar surface area (TPSA) is 105 Å². The van der Waals surface area contributed by atoms with E-state index in [9.17, 15) is 10.2 Å². The second-order valence-electron chi connectivity index (χ2n) is 15.4. The van der Waals surface area contributed by atoms with E-state index >= 15 is 0 Å². The van der Waals surface area contributed by atoms with Crippen LogP contribution in [0.1, 0.15) is 70.9 Å². The van der Waals surface area contributed by atoms with Gasteiger partial charge < -0.3 is 43.4 Å². The van der Waals surface area contributed by atoms with Crippen LogP contribution in [0.5, 0.6) is 0 Å². The van der Waals surface area contributed by atoms with Crippen LogP contribution >= 0.6 is 0 Å². The Hall–Kier alpha value is -4.84. The van der Waals surface area contributed by atoms with Crippen LogP contribution in [0.2, 0.25) is 0 Å². The average Bonchev–Trinajstić information content (AvgIpc) is 4.15. The maximum absolute atomic E-state index is 11.4. The van der Waals surface area contributed by atoms with Crippen molar-refractivity contribution in [1.29, 1.82) is 0 Å². The predicted octanol–water partition coefficient (Wildman–Crippen LogP) is 8.59. The fourth-order valence-electron chi connectivity index (χ4n) is 8.41. The van der Waals surface area contributed by atoms with E-state index in [1.54, 1.807) is 19.6 Å². The predicted molar refractivity (Wildman–Crippen MR) is 219 cm³/mol. The molecule has 5 atom stereocenters. The maximum Gasteiger partial charge on any atom is 0.225 e. The zero-order valence-corrected chi connectivity index (χ0v) is 32.9. The van der Waals surface area contributed by atoms with Gasteiger partial charge in [-0.25, -0.2) is 0 Å². The van der Waals surface area contributed by atoms with Crippen molar-refractivity contribution in [2.75, 3.05) is 20.3 Å². The molecular weight excluding hydrogens is 733 g/mol. The molecule has 1 saturated heterocycles. The van der Waals surface area contributed by atoms with Gasteiger partial charge in [-0.15, -0.1) is 0 Å². The number of aliphatic hydroxyl groups excluding tert-OH is 2. The van der Waals surface area contributed by atoms with Crippen molar-refractivity contribution in [1.82, 2.24) is 0 Å². The number of methoxy groups -OCH3 is 1. The summed E-state index contributed by atoms with van der Waals surface area (Å²) in [5, 5.41) is 22.8. The third-order valence-electron chi connectivity index (χ3n) is 11.6. The van der Waals surface area contributed by atoms with E-state index in [0.29, 0.717) is 17.2 Å². The Kier molecular flexibility index (Phi) is 12.7. The SMILES string of the molecule is COC1(c2ccc(C3CC3)c(C(C3=CC=CCC3)C3=COC=CO3)c2)OC(CO)(CO)[C@@H](OCc2ccccc2)[C@H](OCc2ccccc2)[C@H]1OCc1ccccc1. The van der Waals surface area contributed by atoms with Gasteiger partial charge in [-0.2, -0.15) is 0 Å². The van der Waals surface area contributed by atoms with Crippen molar-refractivity contribution >= 4 is 0 Å². The lowest BCUT2D eigenvalue weighted by molar-refractivity contribution is -0.417. The number of hydrogen-bond acceptors (Lipinski definition) is 9. The van der Waals surface area contributed by atoms with Crippen molar-refractivity contribution in [2.45, 2.75) is 87.0 Å². The molecule has 4 aromatic carbocycles. The molecule has 0 bridgehead atoms. The Bertz CT molecular complexity index is 2070. The Balaban J connectivity index is 1.29. The number of aliphatic hydroxyl groups is 2. The third-order valence-corrected chi connectivity index (χ3v) is 11.6. The van der Waals surface area contributed by atoms with Crippen LogP contribution in [-0.4, -0.2) is 54.4 Å². The van der Waals surface area contributed by atoms with Crippen molar-refractivity contribution in [3.05, 3.63) is 191 Å². The number of hydrogen-bond donors (Lipinski definition) is 2. The Morgan fingerprint density at radius 3 is 1.90 bits per heavy atom. The van der Waals surface area contributed by atoms with Gasteiger partial charge in [0.05, 0.1) is 39.0 Å². The zero-order valence-electron chi connectivity index (χ0n) is 32.9. The van der Waals surface area contributed by atoms with Crippen molar-refractivity contribution in [3.63, 3.8) is 0 Å². The molecule has 2 fully saturated rings. The molecule has 2 unspecified atom stereocenters. The summed E-state index contributed by atoms with van der Waals surface area (Å²) < 4.78 is 46.4. The highest BCUT2D eigenvalue weighted by atomic mass is 16.7. The second-order valence-corrected chi connectivity index (χ2v) is 15.4.